The minimum atomic E-state index is -0.720. The van der Waals surface area contributed by atoms with Crippen LogP contribution in [0.3, 0.4) is 0 Å². The van der Waals surface area contributed by atoms with Gasteiger partial charge in [-0.3, -0.25) is 9.59 Å². The molecule has 2 aromatic rings. The molecule has 1 aromatic heterocycles. The number of benzene rings is 1. The van der Waals surface area contributed by atoms with Crippen LogP contribution in [0.5, 0.6) is 5.75 Å². The van der Waals surface area contributed by atoms with Crippen molar-refractivity contribution in [2.75, 3.05) is 12.4 Å². The Balaban J connectivity index is 1.94. The Kier molecular flexibility index (Phi) is 4.77. The number of nitrogens with one attached hydrogen (secondary N) is 2. The standard InChI is InChI=1S/C15H17N3O4/c1-9-8-13(18-22-9)17-14(19)10(2)21-12-6-4-11(5-7-12)15(20)16-3/h4-8,10H,1-3H3,(H,16,20)(H,17,18,19)/t10-/m0/s1. The summed E-state index contributed by atoms with van der Waals surface area (Å²) in [4.78, 5) is 23.4. The predicted molar refractivity (Wildman–Crippen MR) is 79.8 cm³/mol. The third-order valence-corrected chi connectivity index (χ3v) is 2.90. The van der Waals surface area contributed by atoms with Crippen LogP contribution in [0.1, 0.15) is 23.0 Å². The molecule has 0 bridgehead atoms. The largest absolute Gasteiger partial charge is 0.481 e. The van der Waals surface area contributed by atoms with Gasteiger partial charge in [0.15, 0.2) is 11.9 Å². The van der Waals surface area contributed by atoms with Crippen molar-refractivity contribution in [2.24, 2.45) is 0 Å². The zero-order valence-corrected chi connectivity index (χ0v) is 12.5. The molecular formula is C15H17N3O4. The third-order valence-electron chi connectivity index (χ3n) is 2.90. The van der Waals surface area contributed by atoms with E-state index in [4.69, 9.17) is 9.26 Å². The van der Waals surface area contributed by atoms with Crippen LogP contribution in [0.25, 0.3) is 0 Å². The zero-order chi connectivity index (χ0) is 16.1. The van der Waals surface area contributed by atoms with Crippen LogP contribution in [0.4, 0.5) is 5.82 Å². The molecule has 0 aliphatic carbocycles. The lowest BCUT2D eigenvalue weighted by Gasteiger charge is -2.13. The molecule has 0 aliphatic heterocycles. The molecule has 0 saturated carbocycles. The predicted octanol–water partition coefficient (Wildman–Crippen LogP) is 1.75. The van der Waals surface area contributed by atoms with Crippen LogP contribution in [-0.2, 0) is 4.79 Å². The van der Waals surface area contributed by atoms with Gasteiger partial charge in [0.05, 0.1) is 0 Å². The molecule has 1 aromatic carbocycles. The number of ether oxygens (including phenoxy) is 1. The number of rotatable bonds is 5. The summed E-state index contributed by atoms with van der Waals surface area (Å²) in [5, 5.41) is 8.80. The Morgan fingerprint density at radius 3 is 2.50 bits per heavy atom. The van der Waals surface area contributed by atoms with Gasteiger partial charge >= 0.3 is 0 Å². The summed E-state index contributed by atoms with van der Waals surface area (Å²) >= 11 is 0. The fourth-order valence-electron chi connectivity index (χ4n) is 1.74. The second-order valence-electron chi connectivity index (χ2n) is 4.68. The van der Waals surface area contributed by atoms with Crippen LogP contribution in [0.2, 0.25) is 0 Å². The van der Waals surface area contributed by atoms with Crippen LogP contribution >= 0.6 is 0 Å². The van der Waals surface area contributed by atoms with Crippen LogP contribution in [-0.4, -0.2) is 30.1 Å². The maximum Gasteiger partial charge on any atom is 0.266 e. The summed E-state index contributed by atoms with van der Waals surface area (Å²) in [6.45, 7) is 3.35. The van der Waals surface area contributed by atoms with Gasteiger partial charge < -0.3 is 19.9 Å². The Hall–Kier alpha value is -2.83. The number of nitrogens with zero attached hydrogens (tertiary/aromatic N) is 1. The molecule has 1 heterocycles. The molecule has 7 nitrogen and oxygen atoms in total. The van der Waals surface area contributed by atoms with E-state index in [9.17, 15) is 9.59 Å². The molecule has 2 amide bonds. The highest BCUT2D eigenvalue weighted by Gasteiger charge is 2.16. The summed E-state index contributed by atoms with van der Waals surface area (Å²) in [7, 11) is 1.56. The first-order chi connectivity index (χ1) is 10.5. The van der Waals surface area contributed by atoms with Gasteiger partial charge in [0.25, 0.3) is 11.8 Å². The van der Waals surface area contributed by atoms with Crippen LogP contribution in [0.15, 0.2) is 34.9 Å². The second kappa shape index (κ2) is 6.75. The molecule has 0 fully saturated rings. The number of anilines is 1. The Labute approximate surface area is 127 Å². The first-order valence-corrected chi connectivity index (χ1v) is 6.72. The molecule has 2 N–H and O–H groups in total. The van der Waals surface area contributed by atoms with Gasteiger partial charge in [-0.1, -0.05) is 5.16 Å². The quantitative estimate of drug-likeness (QED) is 0.877. The monoisotopic (exact) mass is 303 g/mol. The number of carbonyl (C=O) groups excluding carboxylic acids is 2. The lowest BCUT2D eigenvalue weighted by atomic mass is 10.2. The lowest BCUT2D eigenvalue weighted by molar-refractivity contribution is -0.122. The Bertz CT molecular complexity index is 664. The van der Waals surface area contributed by atoms with Crippen molar-refractivity contribution in [3.8, 4) is 5.75 Å². The van der Waals surface area contributed by atoms with Crippen LogP contribution < -0.4 is 15.4 Å². The molecule has 0 unspecified atom stereocenters. The Morgan fingerprint density at radius 2 is 1.95 bits per heavy atom. The van der Waals surface area contributed by atoms with Crippen molar-refractivity contribution < 1.29 is 18.8 Å². The van der Waals surface area contributed by atoms with E-state index in [2.05, 4.69) is 15.8 Å². The second-order valence-corrected chi connectivity index (χ2v) is 4.68. The first-order valence-electron chi connectivity index (χ1n) is 6.72. The van der Waals surface area contributed by atoms with Gasteiger partial charge in [-0.05, 0) is 38.1 Å². The zero-order valence-electron chi connectivity index (χ0n) is 12.5. The van der Waals surface area contributed by atoms with Gasteiger partial charge in [0.1, 0.15) is 11.5 Å². The molecule has 116 valence electrons. The van der Waals surface area contributed by atoms with E-state index in [0.29, 0.717) is 22.9 Å². The number of hydrogen-bond acceptors (Lipinski definition) is 5. The van der Waals surface area contributed by atoms with Crippen molar-refractivity contribution in [1.29, 1.82) is 0 Å². The van der Waals surface area contributed by atoms with Gasteiger partial charge in [0, 0.05) is 18.7 Å². The van der Waals surface area contributed by atoms with Gasteiger partial charge in [-0.2, -0.15) is 0 Å². The average molecular weight is 303 g/mol. The summed E-state index contributed by atoms with van der Waals surface area (Å²) in [5.41, 5.74) is 0.519. The number of hydrogen-bond donors (Lipinski definition) is 2. The summed E-state index contributed by atoms with van der Waals surface area (Å²) < 4.78 is 10.4. The molecule has 22 heavy (non-hydrogen) atoms. The molecular weight excluding hydrogens is 286 g/mol. The third kappa shape index (κ3) is 3.85. The molecule has 7 heteroatoms. The van der Waals surface area contributed by atoms with Gasteiger partial charge in [-0.15, -0.1) is 0 Å². The van der Waals surface area contributed by atoms with E-state index in [1.54, 1.807) is 51.2 Å². The van der Waals surface area contributed by atoms with E-state index in [1.165, 1.54) is 0 Å². The van der Waals surface area contributed by atoms with E-state index < -0.39 is 6.10 Å². The summed E-state index contributed by atoms with van der Waals surface area (Å²) in [6.07, 6.45) is -0.720. The number of carbonyl (C=O) groups is 2. The number of aromatic nitrogens is 1. The maximum atomic E-state index is 12.0. The fraction of sp³-hybridized carbons (Fsp3) is 0.267. The molecule has 0 spiro atoms. The molecule has 1 atom stereocenters. The highest BCUT2D eigenvalue weighted by molar-refractivity contribution is 5.94. The SMILES string of the molecule is CNC(=O)c1ccc(O[C@@H](C)C(=O)Nc2cc(C)on2)cc1. The van der Waals surface area contributed by atoms with Gasteiger partial charge in [-0.25, -0.2) is 0 Å². The van der Waals surface area contributed by atoms with Crippen molar-refractivity contribution in [2.45, 2.75) is 20.0 Å². The van der Waals surface area contributed by atoms with Crippen molar-refractivity contribution in [3.63, 3.8) is 0 Å². The number of amides is 2. The smallest absolute Gasteiger partial charge is 0.266 e. The van der Waals surface area contributed by atoms with Crippen LogP contribution in [0, 0.1) is 6.92 Å². The topological polar surface area (TPSA) is 93.5 Å². The van der Waals surface area contributed by atoms with Crippen molar-refractivity contribution in [3.05, 3.63) is 41.7 Å². The minimum Gasteiger partial charge on any atom is -0.481 e. The van der Waals surface area contributed by atoms with E-state index in [-0.39, 0.29) is 11.8 Å². The summed E-state index contributed by atoms with van der Waals surface area (Å²) in [5.74, 6) is 0.913. The summed E-state index contributed by atoms with van der Waals surface area (Å²) in [6, 6.07) is 8.13. The average Bonchev–Trinajstić information content (AvgIpc) is 2.92. The molecule has 0 saturated heterocycles. The fourth-order valence-corrected chi connectivity index (χ4v) is 1.74. The highest BCUT2D eigenvalue weighted by Crippen LogP contribution is 2.15. The highest BCUT2D eigenvalue weighted by atomic mass is 16.5. The maximum absolute atomic E-state index is 12.0. The molecule has 0 aliphatic rings. The molecule has 0 radical (unpaired) electrons. The lowest BCUT2D eigenvalue weighted by Crippen LogP contribution is -2.30. The molecule has 2 rings (SSSR count). The minimum absolute atomic E-state index is 0.182. The van der Waals surface area contributed by atoms with E-state index in [0.717, 1.165) is 0 Å². The van der Waals surface area contributed by atoms with E-state index in [1.807, 2.05) is 0 Å². The normalized spacial score (nSPS) is 11.6. The van der Waals surface area contributed by atoms with E-state index >= 15 is 0 Å². The first kappa shape index (κ1) is 15.6. The van der Waals surface area contributed by atoms with Crippen molar-refractivity contribution in [1.82, 2.24) is 10.5 Å². The number of aryl methyl sites for hydroxylation is 1. The van der Waals surface area contributed by atoms with Crippen molar-refractivity contribution >= 4 is 17.6 Å². The Morgan fingerprint density at radius 1 is 1.27 bits per heavy atom. The van der Waals surface area contributed by atoms with Gasteiger partial charge in [0.2, 0.25) is 0 Å².